The lowest BCUT2D eigenvalue weighted by atomic mass is 9.55. The first-order valence-electron chi connectivity index (χ1n) is 24.9. The number of nitrogens with zero attached hydrogens (tertiary/aromatic N) is 2. The van der Waals surface area contributed by atoms with E-state index in [1.807, 2.05) is 47.4 Å². The second-order valence-electron chi connectivity index (χ2n) is 18.4. The van der Waals surface area contributed by atoms with Crippen LogP contribution in [0.3, 0.4) is 0 Å². The Morgan fingerprint density at radius 2 is 1.55 bits per heavy atom. The second-order valence-corrected chi connectivity index (χ2v) is 18.4. The van der Waals surface area contributed by atoms with Gasteiger partial charge in [0.2, 0.25) is 11.7 Å². The molecule has 9 nitrogen and oxygen atoms in total. The number of aliphatic hydroxyl groups is 2. The zero-order chi connectivity index (χ0) is 46.6. The van der Waals surface area contributed by atoms with Crippen molar-refractivity contribution in [2.75, 3.05) is 26.4 Å². The van der Waals surface area contributed by atoms with Crippen LogP contribution >= 0.6 is 0 Å². The van der Waals surface area contributed by atoms with E-state index >= 15 is 4.79 Å². The van der Waals surface area contributed by atoms with Gasteiger partial charge in [0, 0.05) is 44.1 Å². The maximum Gasteiger partial charge on any atom is 0.239 e. The third-order valence-electron chi connectivity index (χ3n) is 13.7. The van der Waals surface area contributed by atoms with Crippen LogP contribution in [0.2, 0.25) is 0 Å². The van der Waals surface area contributed by atoms with Crippen LogP contribution in [-0.2, 0) is 27.5 Å². The summed E-state index contributed by atoms with van der Waals surface area (Å²) in [6.45, 7) is 11.4. The summed E-state index contributed by atoms with van der Waals surface area (Å²) < 4.78 is 35.3. The third kappa shape index (κ3) is 13.2. The first-order valence-corrected chi connectivity index (χ1v) is 24.9. The van der Waals surface area contributed by atoms with Crippen molar-refractivity contribution in [1.82, 2.24) is 4.90 Å². The summed E-state index contributed by atoms with van der Waals surface area (Å²) in [6, 6.07) is 21.6. The second kappa shape index (κ2) is 26.5. The van der Waals surface area contributed by atoms with Gasteiger partial charge in [-0.1, -0.05) is 144 Å². The van der Waals surface area contributed by atoms with Gasteiger partial charge < -0.3 is 34.2 Å². The van der Waals surface area contributed by atoms with Crippen molar-refractivity contribution < 1.29 is 38.4 Å². The molecule has 0 aromatic heterocycles. The van der Waals surface area contributed by atoms with E-state index in [1.165, 1.54) is 44.2 Å². The molecule has 3 aliphatic rings. The molecule has 0 bridgehead atoms. The van der Waals surface area contributed by atoms with Gasteiger partial charge >= 0.3 is 0 Å². The number of allylic oxidation sites excluding steroid dienone is 1. The predicted molar refractivity (Wildman–Crippen MR) is 261 cm³/mol. The smallest absolute Gasteiger partial charge is 0.239 e. The van der Waals surface area contributed by atoms with Crippen molar-refractivity contribution in [2.24, 2.45) is 22.9 Å². The number of benzene rings is 3. The molecule has 0 unspecified atom stereocenters. The minimum atomic E-state index is -1.40. The number of aliphatic hydroxyl groups excluding tert-OH is 2. The lowest BCUT2D eigenvalue weighted by Crippen LogP contribution is -2.70. The fraction of sp³-hybridized carbons (Fsp3) is 0.536. The summed E-state index contributed by atoms with van der Waals surface area (Å²) in [7, 11) is 0. The Hall–Kier alpha value is -4.77. The highest BCUT2D eigenvalue weighted by Gasteiger charge is 2.65. The van der Waals surface area contributed by atoms with Crippen molar-refractivity contribution in [1.29, 1.82) is 0 Å². The zero-order valence-corrected chi connectivity index (χ0v) is 39.4. The fourth-order valence-electron chi connectivity index (χ4n) is 10.5. The van der Waals surface area contributed by atoms with Crippen LogP contribution in [0, 0.1) is 23.6 Å². The molecule has 3 aromatic carbocycles. The van der Waals surface area contributed by atoms with E-state index in [4.69, 9.17) is 24.2 Å². The number of hydrogen-bond donors (Lipinski definition) is 2. The van der Waals surface area contributed by atoms with Gasteiger partial charge in [0.1, 0.15) is 36.6 Å². The van der Waals surface area contributed by atoms with Crippen LogP contribution in [0.5, 0.6) is 11.5 Å². The zero-order valence-electron chi connectivity index (χ0n) is 39.4. The van der Waals surface area contributed by atoms with Gasteiger partial charge in [-0.15, -0.1) is 6.58 Å². The van der Waals surface area contributed by atoms with E-state index in [0.717, 1.165) is 79.3 Å². The lowest BCUT2D eigenvalue weighted by molar-refractivity contribution is -0.258. The predicted octanol–water partition coefficient (Wildman–Crippen LogP) is 12.2. The molecule has 1 amide bonds. The van der Waals surface area contributed by atoms with Gasteiger partial charge in [0.25, 0.3) is 0 Å². The standard InChI is InChI=1S/C56H75FN2O7/c1-4-7-8-9-10-11-12-13-17-26-53(62)59(40-42-27-29-45(57)30-28-42)52-39-50(58-65-41-43-22-15-14-16-23-43)48-37-44(24-18-20-33-60)47(25-19-21-34-61)54-49-38-46(63-35-5-2)31-32-51(49)66-56(52,55(48)54)64-36-6-3/h5-6,14-16,22-23,27-32,37-38,44,47,52,54-55,60-61H,2-4,7-13,17-21,24-26,33-36,39-41H2,1H3/t44-,47+,52-,54+,55+,56+/m0/s1. The van der Waals surface area contributed by atoms with Crippen LogP contribution in [0.15, 0.2) is 115 Å². The number of amides is 1. The largest absolute Gasteiger partial charge is 0.490 e. The number of ether oxygens (including phenoxy) is 3. The van der Waals surface area contributed by atoms with Crippen LogP contribution in [0.1, 0.15) is 139 Å². The van der Waals surface area contributed by atoms with Gasteiger partial charge in [0.15, 0.2) is 0 Å². The maximum absolute atomic E-state index is 15.2. The first-order chi connectivity index (χ1) is 32.4. The number of unbranched alkanes of at least 4 members (excludes halogenated alkanes) is 10. The molecule has 6 rings (SSSR count). The molecular formula is C56H75FN2O7. The highest BCUT2D eigenvalue weighted by Crippen LogP contribution is 2.62. The summed E-state index contributed by atoms with van der Waals surface area (Å²) in [5.74, 6) is -0.904. The van der Waals surface area contributed by atoms with Crippen LogP contribution in [0.4, 0.5) is 4.39 Å². The van der Waals surface area contributed by atoms with Gasteiger partial charge in [-0.05, 0) is 91.0 Å². The molecule has 2 N–H and O–H groups in total. The maximum atomic E-state index is 15.2. The number of rotatable bonds is 30. The monoisotopic (exact) mass is 907 g/mol. The Balaban J connectivity index is 1.50. The Morgan fingerprint density at radius 1 is 0.848 bits per heavy atom. The van der Waals surface area contributed by atoms with Crippen LogP contribution < -0.4 is 9.47 Å². The molecule has 2 aliphatic carbocycles. The van der Waals surface area contributed by atoms with Crippen LogP contribution in [0.25, 0.3) is 0 Å². The normalized spacial score (nSPS) is 22.4. The number of hydrogen-bond acceptors (Lipinski definition) is 8. The third-order valence-corrected chi connectivity index (χ3v) is 13.7. The SMILES string of the molecule is C=CCOc1ccc2c(c1)[C@H]1[C@H](CCCCO)[C@@H](CCCCO)C=C3C(=NOCc4ccccc4)C[C@H](N(Cc4ccc(F)cc4)C(=O)CCCCCCCCCCC)[C@@](OCC=C)(O2)[C@H]31. The summed E-state index contributed by atoms with van der Waals surface area (Å²) in [6.07, 6.45) is 21.3. The average Bonchev–Trinajstić information content (AvgIpc) is 3.33. The Kier molecular flexibility index (Phi) is 20.4. The highest BCUT2D eigenvalue weighted by atomic mass is 19.1. The van der Waals surface area contributed by atoms with E-state index in [-0.39, 0.29) is 68.9 Å². The summed E-state index contributed by atoms with van der Waals surface area (Å²) in [5, 5.41) is 25.0. The van der Waals surface area contributed by atoms with Crippen molar-refractivity contribution >= 4 is 11.6 Å². The molecule has 1 aliphatic heterocycles. The topological polar surface area (TPSA) is 110 Å². The molecule has 66 heavy (non-hydrogen) atoms. The molecule has 0 saturated heterocycles. The van der Waals surface area contributed by atoms with Gasteiger partial charge in [-0.25, -0.2) is 4.39 Å². The summed E-state index contributed by atoms with van der Waals surface area (Å²) >= 11 is 0. The number of halogens is 1. The fourth-order valence-corrected chi connectivity index (χ4v) is 10.5. The molecule has 1 saturated carbocycles. The van der Waals surface area contributed by atoms with E-state index < -0.39 is 17.7 Å². The minimum absolute atomic E-state index is 0.0258. The van der Waals surface area contributed by atoms with E-state index in [9.17, 15) is 14.6 Å². The Labute approximate surface area is 393 Å². The first kappa shape index (κ1) is 50.6. The molecule has 1 heterocycles. The summed E-state index contributed by atoms with van der Waals surface area (Å²) in [5.41, 5.74) is 4.47. The minimum Gasteiger partial charge on any atom is -0.490 e. The van der Waals surface area contributed by atoms with Crippen molar-refractivity contribution in [3.63, 3.8) is 0 Å². The molecule has 0 radical (unpaired) electrons. The van der Waals surface area contributed by atoms with Gasteiger partial charge in [-0.2, -0.15) is 0 Å². The molecular weight excluding hydrogens is 832 g/mol. The van der Waals surface area contributed by atoms with Crippen molar-refractivity contribution in [3.8, 4) is 11.5 Å². The lowest BCUT2D eigenvalue weighted by Gasteiger charge is -2.60. The van der Waals surface area contributed by atoms with Crippen molar-refractivity contribution in [2.45, 2.75) is 147 Å². The highest BCUT2D eigenvalue weighted by molar-refractivity contribution is 6.03. The summed E-state index contributed by atoms with van der Waals surface area (Å²) in [4.78, 5) is 23.4. The number of carbonyl (C=O) groups excluding carboxylic acids is 1. The molecule has 0 spiro atoms. The van der Waals surface area contributed by atoms with Gasteiger partial charge in [0.05, 0.1) is 18.2 Å². The Morgan fingerprint density at radius 3 is 2.24 bits per heavy atom. The average molecular weight is 907 g/mol. The molecule has 10 heteroatoms. The molecule has 3 aromatic rings. The van der Waals surface area contributed by atoms with Crippen LogP contribution in [-0.4, -0.2) is 65.0 Å². The molecule has 6 atom stereocenters. The van der Waals surface area contributed by atoms with E-state index in [1.54, 1.807) is 24.3 Å². The Bertz CT molecular complexity index is 2020. The molecule has 358 valence electrons. The number of fused-ring (bicyclic) bond motifs is 2. The quantitative estimate of drug-likeness (QED) is 0.0389. The van der Waals surface area contributed by atoms with E-state index in [0.29, 0.717) is 37.4 Å². The van der Waals surface area contributed by atoms with Crippen molar-refractivity contribution in [3.05, 3.63) is 132 Å². The number of carbonyl (C=O) groups is 1. The van der Waals surface area contributed by atoms with Gasteiger partial charge in [-0.3, -0.25) is 4.79 Å². The van der Waals surface area contributed by atoms with E-state index in [2.05, 4.69) is 32.2 Å². The number of oxime groups is 1. The molecule has 1 fully saturated rings.